The molecule has 0 spiro atoms. The van der Waals surface area contributed by atoms with Gasteiger partial charge >= 0.3 is 0 Å². The normalized spacial score (nSPS) is 14.3. The van der Waals surface area contributed by atoms with Gasteiger partial charge < -0.3 is 20.4 Å². The van der Waals surface area contributed by atoms with Gasteiger partial charge in [-0.05, 0) is 36.8 Å². The van der Waals surface area contributed by atoms with Crippen LogP contribution in [0.15, 0.2) is 41.0 Å². The van der Waals surface area contributed by atoms with Crippen LogP contribution in [0.1, 0.15) is 26.5 Å². The molecule has 0 saturated carbocycles. The number of benzene rings is 1. The Morgan fingerprint density at radius 1 is 1.19 bits per heavy atom. The molecule has 1 aliphatic heterocycles. The molecule has 1 aromatic heterocycles. The maximum atomic E-state index is 12.4. The van der Waals surface area contributed by atoms with Crippen molar-refractivity contribution >= 4 is 29.9 Å². The number of nitrogens with one attached hydrogen (secondary N) is 3. The van der Waals surface area contributed by atoms with Gasteiger partial charge in [0.15, 0.2) is 5.76 Å². The van der Waals surface area contributed by atoms with E-state index in [-0.39, 0.29) is 30.0 Å². The molecule has 3 rings (SSSR count). The Hall–Kier alpha value is -2.35. The summed E-state index contributed by atoms with van der Waals surface area (Å²) in [4.78, 5) is 26.9. The minimum atomic E-state index is -0.339. The molecule has 0 atom stereocenters. The summed E-state index contributed by atoms with van der Waals surface area (Å²) in [6.45, 7) is 7.30. The number of aryl methyl sites for hydroxylation is 1. The number of furan rings is 1. The first-order valence-electron chi connectivity index (χ1n) is 8.80. The molecule has 1 aromatic carbocycles. The quantitative estimate of drug-likeness (QED) is 0.699. The smallest absolute Gasteiger partial charge is 0.291 e. The molecule has 1 saturated heterocycles. The fraction of sp³-hybridized carbons (Fsp3) is 0.368. The molecule has 2 amide bonds. The summed E-state index contributed by atoms with van der Waals surface area (Å²) in [6, 6.07) is 8.53. The largest absolute Gasteiger partial charge is 0.459 e. The Morgan fingerprint density at radius 2 is 1.96 bits per heavy atom. The predicted octanol–water partition coefficient (Wildman–Crippen LogP) is 1.90. The molecular weight excluding hydrogens is 368 g/mol. The molecule has 2 aromatic rings. The van der Waals surface area contributed by atoms with Crippen molar-refractivity contribution in [2.24, 2.45) is 0 Å². The average molecular weight is 393 g/mol. The molecule has 0 bridgehead atoms. The first-order chi connectivity index (χ1) is 12.6. The maximum Gasteiger partial charge on any atom is 0.291 e. The molecule has 3 N–H and O–H groups in total. The zero-order valence-electron chi connectivity index (χ0n) is 15.3. The average Bonchev–Trinajstić information content (AvgIpc) is 3.19. The number of piperazine rings is 1. The first-order valence-corrected chi connectivity index (χ1v) is 8.80. The van der Waals surface area contributed by atoms with Crippen molar-refractivity contribution in [1.82, 2.24) is 15.5 Å². The van der Waals surface area contributed by atoms with E-state index in [4.69, 9.17) is 4.42 Å². The second-order valence-electron chi connectivity index (χ2n) is 6.31. The monoisotopic (exact) mass is 392 g/mol. The minimum Gasteiger partial charge on any atom is -0.459 e. The van der Waals surface area contributed by atoms with Crippen LogP contribution in [-0.4, -0.2) is 56.0 Å². The highest BCUT2D eigenvalue weighted by Crippen LogP contribution is 2.18. The van der Waals surface area contributed by atoms with Gasteiger partial charge in [0, 0.05) is 50.5 Å². The van der Waals surface area contributed by atoms with Crippen molar-refractivity contribution in [3.8, 4) is 0 Å². The van der Waals surface area contributed by atoms with Gasteiger partial charge in [0.1, 0.15) is 0 Å². The van der Waals surface area contributed by atoms with Crippen LogP contribution in [0.2, 0.25) is 0 Å². The van der Waals surface area contributed by atoms with Gasteiger partial charge in [0.05, 0.1) is 6.26 Å². The van der Waals surface area contributed by atoms with Crippen molar-refractivity contribution in [2.75, 3.05) is 44.6 Å². The summed E-state index contributed by atoms with van der Waals surface area (Å²) < 4.78 is 5.10. The van der Waals surface area contributed by atoms with Crippen molar-refractivity contribution in [1.29, 1.82) is 0 Å². The molecule has 0 aliphatic carbocycles. The second kappa shape index (κ2) is 10.1. The Balaban J connectivity index is 0.00000261. The highest BCUT2D eigenvalue weighted by molar-refractivity contribution is 6.03. The standard InChI is InChI=1S/C19H24N4O3.ClH/c1-14-4-5-15(13-16(14)22-19(25)17-3-2-12-26-17)18(24)21-8-11-23-9-6-20-7-10-23;/h2-5,12-13,20H,6-11H2,1H3,(H,21,24)(H,22,25);1H. The van der Waals surface area contributed by atoms with Crippen LogP contribution in [0.25, 0.3) is 0 Å². The van der Waals surface area contributed by atoms with Gasteiger partial charge in [0.25, 0.3) is 11.8 Å². The van der Waals surface area contributed by atoms with E-state index in [9.17, 15) is 9.59 Å². The van der Waals surface area contributed by atoms with Crippen LogP contribution in [0.3, 0.4) is 0 Å². The molecule has 146 valence electrons. The molecule has 7 nitrogen and oxygen atoms in total. The molecule has 0 radical (unpaired) electrons. The lowest BCUT2D eigenvalue weighted by Crippen LogP contribution is -2.46. The van der Waals surface area contributed by atoms with Crippen molar-refractivity contribution < 1.29 is 14.0 Å². The third-order valence-corrected chi connectivity index (χ3v) is 4.42. The van der Waals surface area contributed by atoms with Crippen molar-refractivity contribution in [3.63, 3.8) is 0 Å². The SMILES string of the molecule is Cc1ccc(C(=O)NCCN2CCNCC2)cc1NC(=O)c1ccco1.Cl. The second-order valence-corrected chi connectivity index (χ2v) is 6.31. The van der Waals surface area contributed by atoms with Crippen LogP contribution in [0.5, 0.6) is 0 Å². The van der Waals surface area contributed by atoms with E-state index >= 15 is 0 Å². The summed E-state index contributed by atoms with van der Waals surface area (Å²) in [5, 5.41) is 9.04. The summed E-state index contributed by atoms with van der Waals surface area (Å²) >= 11 is 0. The zero-order valence-corrected chi connectivity index (χ0v) is 16.1. The topological polar surface area (TPSA) is 86.6 Å². The van der Waals surface area contributed by atoms with Gasteiger partial charge in [-0.25, -0.2) is 0 Å². The zero-order chi connectivity index (χ0) is 18.4. The molecule has 27 heavy (non-hydrogen) atoms. The molecular formula is C19H25ClN4O3. The Kier molecular flexibility index (Phi) is 7.84. The van der Waals surface area contributed by atoms with E-state index < -0.39 is 0 Å². The highest BCUT2D eigenvalue weighted by Gasteiger charge is 2.14. The highest BCUT2D eigenvalue weighted by atomic mass is 35.5. The van der Waals surface area contributed by atoms with Crippen LogP contribution >= 0.6 is 12.4 Å². The lowest BCUT2D eigenvalue weighted by molar-refractivity contribution is 0.0945. The van der Waals surface area contributed by atoms with Crippen LogP contribution < -0.4 is 16.0 Å². The van der Waals surface area contributed by atoms with Crippen LogP contribution in [-0.2, 0) is 0 Å². The minimum absolute atomic E-state index is 0. The van der Waals surface area contributed by atoms with E-state index in [1.165, 1.54) is 6.26 Å². The Bertz CT molecular complexity index is 758. The number of halogens is 1. The summed E-state index contributed by atoms with van der Waals surface area (Å²) in [6.07, 6.45) is 1.45. The molecule has 1 aliphatic rings. The number of nitrogens with zero attached hydrogens (tertiary/aromatic N) is 1. The van der Waals surface area contributed by atoms with Gasteiger partial charge in [-0.2, -0.15) is 0 Å². The Labute approximate surface area is 164 Å². The Morgan fingerprint density at radius 3 is 2.67 bits per heavy atom. The predicted molar refractivity (Wildman–Crippen MR) is 107 cm³/mol. The third-order valence-electron chi connectivity index (χ3n) is 4.42. The fourth-order valence-corrected chi connectivity index (χ4v) is 2.85. The van der Waals surface area contributed by atoms with E-state index in [0.717, 1.165) is 38.3 Å². The first kappa shape index (κ1) is 21.0. The van der Waals surface area contributed by atoms with Gasteiger partial charge in [-0.3, -0.25) is 14.5 Å². The lowest BCUT2D eigenvalue weighted by atomic mass is 10.1. The number of rotatable bonds is 6. The van der Waals surface area contributed by atoms with E-state index in [2.05, 4.69) is 20.9 Å². The van der Waals surface area contributed by atoms with Gasteiger partial charge in [-0.1, -0.05) is 6.07 Å². The number of amides is 2. The fourth-order valence-electron chi connectivity index (χ4n) is 2.85. The van der Waals surface area contributed by atoms with E-state index in [1.54, 1.807) is 24.3 Å². The summed E-state index contributed by atoms with van der Waals surface area (Å²) in [5.74, 6) is -0.252. The van der Waals surface area contributed by atoms with Gasteiger partial charge in [-0.15, -0.1) is 12.4 Å². The molecule has 0 unspecified atom stereocenters. The van der Waals surface area contributed by atoms with E-state index in [0.29, 0.717) is 17.8 Å². The van der Waals surface area contributed by atoms with Crippen molar-refractivity contribution in [3.05, 3.63) is 53.5 Å². The number of anilines is 1. The number of hydrogen-bond donors (Lipinski definition) is 3. The van der Waals surface area contributed by atoms with E-state index in [1.807, 2.05) is 13.0 Å². The van der Waals surface area contributed by atoms with Crippen LogP contribution in [0.4, 0.5) is 5.69 Å². The molecule has 8 heteroatoms. The molecule has 2 heterocycles. The number of carbonyl (C=O) groups excluding carboxylic acids is 2. The lowest BCUT2D eigenvalue weighted by Gasteiger charge is -2.27. The maximum absolute atomic E-state index is 12.4. The van der Waals surface area contributed by atoms with Crippen molar-refractivity contribution in [2.45, 2.75) is 6.92 Å². The number of carbonyl (C=O) groups is 2. The number of hydrogen-bond acceptors (Lipinski definition) is 5. The summed E-state index contributed by atoms with van der Waals surface area (Å²) in [5.41, 5.74) is 1.99. The van der Waals surface area contributed by atoms with Crippen LogP contribution in [0, 0.1) is 6.92 Å². The molecule has 1 fully saturated rings. The third kappa shape index (κ3) is 5.82. The summed E-state index contributed by atoms with van der Waals surface area (Å²) in [7, 11) is 0. The van der Waals surface area contributed by atoms with Gasteiger partial charge in [0.2, 0.25) is 0 Å².